The molecule has 0 aliphatic heterocycles. The number of hydrogen-bond acceptors (Lipinski definition) is 4. The lowest BCUT2D eigenvalue weighted by atomic mass is 10.1. The number of nitrogens with two attached hydrogens (primary N) is 1. The van der Waals surface area contributed by atoms with Crippen LogP contribution in [0.3, 0.4) is 0 Å². The molecule has 19 heavy (non-hydrogen) atoms. The third-order valence-electron chi connectivity index (χ3n) is 3.23. The summed E-state index contributed by atoms with van der Waals surface area (Å²) in [5, 5.41) is 1.10. The van der Waals surface area contributed by atoms with Gasteiger partial charge in [0.25, 0.3) is 0 Å². The number of aryl methyl sites for hydroxylation is 1. The van der Waals surface area contributed by atoms with E-state index in [-0.39, 0.29) is 0 Å². The molecule has 0 spiro atoms. The number of pyridine rings is 1. The second-order valence-electron chi connectivity index (χ2n) is 4.63. The number of anilines is 2. The Hall–Kier alpha value is -1.81. The highest BCUT2D eigenvalue weighted by molar-refractivity contribution is 5.94. The van der Waals surface area contributed by atoms with Gasteiger partial charge in [0.1, 0.15) is 0 Å². The minimum absolute atomic E-state index is 0.707. The molecule has 0 fully saturated rings. The predicted octanol–water partition coefficient (Wildman–Crippen LogP) is 2.60. The average Bonchev–Trinajstić information content (AvgIpc) is 2.40. The largest absolute Gasteiger partial charge is 0.399 e. The van der Waals surface area contributed by atoms with E-state index in [0.29, 0.717) is 6.61 Å². The topological polar surface area (TPSA) is 51.4 Å². The van der Waals surface area contributed by atoms with Crippen LogP contribution in [0.5, 0.6) is 0 Å². The molecule has 1 aromatic carbocycles. The number of likely N-dealkylation sites (N-methyl/N-ethyl adjacent to an activating group) is 1. The summed E-state index contributed by atoms with van der Waals surface area (Å²) in [6.45, 7) is 6.66. The van der Waals surface area contributed by atoms with Gasteiger partial charge in [-0.15, -0.1) is 0 Å². The molecular weight excluding hydrogens is 238 g/mol. The Balaban J connectivity index is 2.52. The first-order valence-electron chi connectivity index (χ1n) is 6.56. The molecule has 0 saturated heterocycles. The molecule has 0 bridgehead atoms. The van der Waals surface area contributed by atoms with E-state index in [0.717, 1.165) is 35.4 Å². The summed E-state index contributed by atoms with van der Waals surface area (Å²) in [4.78, 5) is 6.85. The van der Waals surface area contributed by atoms with E-state index in [1.165, 1.54) is 5.69 Å². The zero-order valence-electron chi connectivity index (χ0n) is 11.8. The Labute approximate surface area is 114 Å². The number of nitrogens with zero attached hydrogens (tertiary/aromatic N) is 2. The smallest absolute Gasteiger partial charge is 0.0727 e. The van der Waals surface area contributed by atoms with Crippen LogP contribution >= 0.6 is 0 Å². The van der Waals surface area contributed by atoms with Crippen LogP contribution in [0.2, 0.25) is 0 Å². The van der Waals surface area contributed by atoms with E-state index < -0.39 is 0 Å². The first-order chi connectivity index (χ1) is 9.15. The van der Waals surface area contributed by atoms with Gasteiger partial charge in [-0.1, -0.05) is 0 Å². The highest BCUT2D eigenvalue weighted by Crippen LogP contribution is 2.28. The fraction of sp³-hybridized carbons (Fsp3) is 0.400. The van der Waals surface area contributed by atoms with E-state index in [9.17, 15) is 0 Å². The van der Waals surface area contributed by atoms with Crippen molar-refractivity contribution in [1.82, 2.24) is 4.98 Å². The van der Waals surface area contributed by atoms with Crippen LogP contribution in [0, 0.1) is 6.92 Å². The molecule has 0 atom stereocenters. The summed E-state index contributed by atoms with van der Waals surface area (Å²) in [6, 6.07) is 7.98. The zero-order chi connectivity index (χ0) is 13.8. The number of hydrogen-bond donors (Lipinski definition) is 1. The van der Waals surface area contributed by atoms with Gasteiger partial charge in [0.05, 0.1) is 12.1 Å². The molecule has 2 N–H and O–H groups in total. The maximum Gasteiger partial charge on any atom is 0.0727 e. The van der Waals surface area contributed by atoms with Gasteiger partial charge in [0.15, 0.2) is 0 Å². The molecule has 1 aromatic heterocycles. The van der Waals surface area contributed by atoms with Gasteiger partial charge >= 0.3 is 0 Å². The molecule has 0 unspecified atom stereocenters. The minimum Gasteiger partial charge on any atom is -0.399 e. The van der Waals surface area contributed by atoms with Crippen molar-refractivity contribution in [2.75, 3.05) is 37.4 Å². The fourth-order valence-corrected chi connectivity index (χ4v) is 2.27. The second-order valence-corrected chi connectivity index (χ2v) is 4.63. The van der Waals surface area contributed by atoms with Crippen molar-refractivity contribution in [2.24, 2.45) is 0 Å². The monoisotopic (exact) mass is 259 g/mol. The summed E-state index contributed by atoms with van der Waals surface area (Å²) >= 11 is 0. The summed E-state index contributed by atoms with van der Waals surface area (Å²) in [5.41, 5.74) is 9.85. The average molecular weight is 259 g/mol. The maximum atomic E-state index is 5.90. The van der Waals surface area contributed by atoms with Gasteiger partial charge in [-0.25, -0.2) is 0 Å². The van der Waals surface area contributed by atoms with E-state index in [1.54, 1.807) is 7.11 Å². The van der Waals surface area contributed by atoms with Crippen molar-refractivity contribution in [3.8, 4) is 0 Å². The number of rotatable bonds is 5. The lowest BCUT2D eigenvalue weighted by Gasteiger charge is -2.24. The van der Waals surface area contributed by atoms with Crippen LogP contribution in [-0.4, -0.2) is 31.8 Å². The standard InChI is InChI=1S/C15H21N3O/c1-4-18(7-8-19-3)15-9-11(2)17-14-6-5-12(16)10-13(14)15/h5-6,9-10H,4,7-8,16H2,1-3H3. The van der Waals surface area contributed by atoms with E-state index in [2.05, 4.69) is 22.9 Å². The van der Waals surface area contributed by atoms with Gasteiger partial charge in [-0.3, -0.25) is 4.98 Å². The summed E-state index contributed by atoms with van der Waals surface area (Å²) in [5.74, 6) is 0. The lowest BCUT2D eigenvalue weighted by molar-refractivity contribution is 0.205. The molecule has 2 rings (SSSR count). The molecule has 4 nitrogen and oxygen atoms in total. The molecular formula is C15H21N3O. The molecule has 0 aliphatic rings. The molecule has 102 valence electrons. The van der Waals surface area contributed by atoms with E-state index >= 15 is 0 Å². The Morgan fingerprint density at radius 1 is 1.32 bits per heavy atom. The highest BCUT2D eigenvalue weighted by atomic mass is 16.5. The Kier molecular flexibility index (Phi) is 4.22. The van der Waals surface area contributed by atoms with E-state index in [4.69, 9.17) is 10.5 Å². The number of ether oxygens (including phenoxy) is 1. The quantitative estimate of drug-likeness (QED) is 0.839. The van der Waals surface area contributed by atoms with Crippen molar-refractivity contribution >= 4 is 22.3 Å². The van der Waals surface area contributed by atoms with Crippen molar-refractivity contribution in [1.29, 1.82) is 0 Å². The van der Waals surface area contributed by atoms with Gasteiger partial charge in [0.2, 0.25) is 0 Å². The molecule has 1 heterocycles. The lowest BCUT2D eigenvalue weighted by Crippen LogP contribution is -2.27. The predicted molar refractivity (Wildman–Crippen MR) is 80.7 cm³/mol. The molecule has 0 radical (unpaired) electrons. The normalized spacial score (nSPS) is 10.9. The van der Waals surface area contributed by atoms with Gasteiger partial charge < -0.3 is 15.4 Å². The Morgan fingerprint density at radius 2 is 2.11 bits per heavy atom. The molecule has 2 aromatic rings. The summed E-state index contributed by atoms with van der Waals surface area (Å²) < 4.78 is 5.18. The first kappa shape index (κ1) is 13.6. The van der Waals surface area contributed by atoms with Crippen molar-refractivity contribution in [3.63, 3.8) is 0 Å². The van der Waals surface area contributed by atoms with Gasteiger partial charge in [-0.05, 0) is 38.1 Å². The highest BCUT2D eigenvalue weighted by Gasteiger charge is 2.10. The van der Waals surface area contributed by atoms with Crippen LogP contribution in [-0.2, 0) is 4.74 Å². The zero-order valence-corrected chi connectivity index (χ0v) is 11.8. The Morgan fingerprint density at radius 3 is 2.79 bits per heavy atom. The second kappa shape index (κ2) is 5.89. The maximum absolute atomic E-state index is 5.90. The van der Waals surface area contributed by atoms with Crippen LogP contribution in [0.25, 0.3) is 10.9 Å². The first-order valence-corrected chi connectivity index (χ1v) is 6.56. The Bertz CT molecular complexity index is 569. The molecule has 0 amide bonds. The van der Waals surface area contributed by atoms with Crippen LogP contribution in [0.4, 0.5) is 11.4 Å². The van der Waals surface area contributed by atoms with Crippen molar-refractivity contribution < 1.29 is 4.74 Å². The molecule has 0 aliphatic carbocycles. The summed E-state index contributed by atoms with van der Waals surface area (Å²) in [6.07, 6.45) is 0. The number of fused-ring (bicyclic) bond motifs is 1. The van der Waals surface area contributed by atoms with Crippen LogP contribution in [0.1, 0.15) is 12.6 Å². The third-order valence-corrected chi connectivity index (χ3v) is 3.23. The van der Waals surface area contributed by atoms with Crippen LogP contribution in [0.15, 0.2) is 24.3 Å². The fourth-order valence-electron chi connectivity index (χ4n) is 2.27. The van der Waals surface area contributed by atoms with Crippen molar-refractivity contribution in [3.05, 3.63) is 30.0 Å². The van der Waals surface area contributed by atoms with Gasteiger partial charge in [-0.2, -0.15) is 0 Å². The van der Waals surface area contributed by atoms with Crippen LogP contribution < -0.4 is 10.6 Å². The van der Waals surface area contributed by atoms with E-state index in [1.807, 2.05) is 25.1 Å². The third kappa shape index (κ3) is 2.96. The molecule has 4 heteroatoms. The number of nitrogen functional groups attached to an aromatic ring is 1. The SMILES string of the molecule is CCN(CCOC)c1cc(C)nc2ccc(N)cc12. The number of benzene rings is 1. The minimum atomic E-state index is 0.707. The molecule has 0 saturated carbocycles. The van der Waals surface area contributed by atoms with Gasteiger partial charge in [0, 0.05) is 42.7 Å². The number of methoxy groups -OCH3 is 1. The number of aromatic nitrogens is 1. The van der Waals surface area contributed by atoms with Crippen molar-refractivity contribution in [2.45, 2.75) is 13.8 Å². The summed E-state index contributed by atoms with van der Waals surface area (Å²) in [7, 11) is 1.72.